The lowest BCUT2D eigenvalue weighted by molar-refractivity contribution is -0.116. The summed E-state index contributed by atoms with van der Waals surface area (Å²) in [6, 6.07) is 14.9. The molecule has 0 aliphatic carbocycles. The van der Waals surface area contributed by atoms with Crippen LogP contribution in [0.2, 0.25) is 5.02 Å². The van der Waals surface area contributed by atoms with E-state index in [1.54, 1.807) is 24.3 Å². The third-order valence-electron chi connectivity index (χ3n) is 4.42. The molecule has 146 valence electrons. The molecule has 0 radical (unpaired) electrons. The van der Waals surface area contributed by atoms with Crippen LogP contribution in [-0.4, -0.2) is 26.4 Å². The van der Waals surface area contributed by atoms with Crippen molar-refractivity contribution >= 4 is 46.0 Å². The van der Waals surface area contributed by atoms with Crippen molar-refractivity contribution in [2.45, 2.75) is 25.8 Å². The summed E-state index contributed by atoms with van der Waals surface area (Å²) >= 11 is 7.32. The normalized spacial score (nSPS) is 13.1. The van der Waals surface area contributed by atoms with E-state index in [1.807, 2.05) is 31.2 Å². The number of rotatable bonds is 2. The maximum atomic E-state index is 12.5. The Bertz CT molecular complexity index is 1150. The number of hydrazone groups is 1. The number of thioether (sulfide) groups is 1. The average Bonchev–Trinajstić information content (AvgIpc) is 3.07. The number of aryl methyl sites for hydroxylation is 1. The van der Waals surface area contributed by atoms with Crippen LogP contribution in [0.1, 0.15) is 29.8 Å². The number of anilines is 1. The van der Waals surface area contributed by atoms with Crippen LogP contribution < -0.4 is 5.01 Å². The van der Waals surface area contributed by atoms with Gasteiger partial charge in [0.05, 0.1) is 0 Å². The lowest BCUT2D eigenvalue weighted by Crippen LogP contribution is -2.28. The third kappa shape index (κ3) is 3.59. The van der Waals surface area contributed by atoms with Gasteiger partial charge in [0.25, 0.3) is 0 Å². The van der Waals surface area contributed by atoms with Gasteiger partial charge in [0.1, 0.15) is 15.9 Å². The van der Waals surface area contributed by atoms with Crippen molar-refractivity contribution in [3.05, 3.63) is 64.7 Å². The molecule has 0 bridgehead atoms. The molecular weight excluding hydrogens is 408 g/mol. The first kappa shape index (κ1) is 19.4. The summed E-state index contributed by atoms with van der Waals surface area (Å²) in [7, 11) is 0. The molecule has 3 aromatic rings. The van der Waals surface area contributed by atoms with Crippen LogP contribution in [0, 0.1) is 6.92 Å². The van der Waals surface area contributed by atoms with E-state index in [-0.39, 0.29) is 11.8 Å². The summed E-state index contributed by atoms with van der Waals surface area (Å²) in [5.41, 5.74) is 2.71. The van der Waals surface area contributed by atoms with Gasteiger partial charge in [0.2, 0.25) is 11.8 Å². The van der Waals surface area contributed by atoms with E-state index in [0.29, 0.717) is 26.7 Å². The van der Waals surface area contributed by atoms with Crippen molar-refractivity contribution in [3.8, 4) is 11.4 Å². The van der Waals surface area contributed by atoms with Gasteiger partial charge in [-0.05, 0) is 43.0 Å². The number of halogens is 1. The number of imidazole rings is 1. The number of carbonyl (C=O) groups is 2. The van der Waals surface area contributed by atoms with Crippen molar-refractivity contribution in [2.75, 3.05) is 5.01 Å². The van der Waals surface area contributed by atoms with Gasteiger partial charge in [0.15, 0.2) is 5.82 Å². The van der Waals surface area contributed by atoms with Gasteiger partial charge in [-0.2, -0.15) is 10.1 Å². The standard InChI is InChI=1S/C21H17ClN4O2S/c1-12-4-6-16(7-5-12)20-24-26(14(3)28)19-21(29-20)25(13(2)27)18(23-19)15-8-10-17(22)11-9-15/h4-11H,1-3H3. The molecule has 8 heteroatoms. The van der Waals surface area contributed by atoms with E-state index in [2.05, 4.69) is 10.1 Å². The van der Waals surface area contributed by atoms with Gasteiger partial charge in [0, 0.05) is 30.0 Å². The molecule has 0 unspecified atom stereocenters. The lowest BCUT2D eigenvalue weighted by atomic mass is 10.2. The molecule has 4 rings (SSSR count). The SMILES string of the molecule is CC(=O)N1N=C(c2ccc(C)cc2)Sc2c1nc(-c1ccc(Cl)cc1)n2C(C)=O. The van der Waals surface area contributed by atoms with Gasteiger partial charge >= 0.3 is 0 Å². The van der Waals surface area contributed by atoms with Crippen LogP contribution in [0.4, 0.5) is 5.82 Å². The van der Waals surface area contributed by atoms with Crippen molar-refractivity contribution in [2.24, 2.45) is 5.10 Å². The molecule has 0 N–H and O–H groups in total. The summed E-state index contributed by atoms with van der Waals surface area (Å²) in [6.45, 7) is 4.89. The Balaban J connectivity index is 1.89. The molecule has 29 heavy (non-hydrogen) atoms. The van der Waals surface area contributed by atoms with E-state index in [1.165, 1.54) is 35.2 Å². The highest BCUT2D eigenvalue weighted by Crippen LogP contribution is 2.40. The van der Waals surface area contributed by atoms with Gasteiger partial charge < -0.3 is 0 Å². The first-order valence-corrected chi connectivity index (χ1v) is 10.1. The monoisotopic (exact) mass is 424 g/mol. The van der Waals surface area contributed by atoms with Gasteiger partial charge in [-0.15, -0.1) is 0 Å². The fourth-order valence-corrected chi connectivity index (χ4v) is 4.21. The van der Waals surface area contributed by atoms with Crippen molar-refractivity contribution in [3.63, 3.8) is 0 Å². The smallest absolute Gasteiger partial charge is 0.245 e. The number of hydrogen-bond donors (Lipinski definition) is 0. The second-order valence-corrected chi connectivity index (χ2v) is 8.04. The molecule has 0 spiro atoms. The molecule has 1 aromatic heterocycles. The molecule has 0 atom stereocenters. The van der Waals surface area contributed by atoms with Crippen molar-refractivity contribution < 1.29 is 9.59 Å². The molecule has 2 heterocycles. The number of nitrogens with zero attached hydrogens (tertiary/aromatic N) is 4. The Labute approximate surface area is 177 Å². The van der Waals surface area contributed by atoms with Gasteiger partial charge in [-0.1, -0.05) is 41.4 Å². The van der Waals surface area contributed by atoms with E-state index in [4.69, 9.17) is 11.6 Å². The van der Waals surface area contributed by atoms with Crippen LogP contribution in [0.25, 0.3) is 11.4 Å². The minimum absolute atomic E-state index is 0.204. The first-order chi connectivity index (χ1) is 13.8. The predicted molar refractivity (Wildman–Crippen MR) is 116 cm³/mol. The van der Waals surface area contributed by atoms with E-state index in [9.17, 15) is 9.59 Å². The Kier molecular flexibility index (Phi) is 5.02. The zero-order valence-corrected chi connectivity index (χ0v) is 17.6. The first-order valence-electron chi connectivity index (χ1n) is 8.89. The van der Waals surface area contributed by atoms with E-state index < -0.39 is 0 Å². The summed E-state index contributed by atoms with van der Waals surface area (Å²) in [5, 5.41) is 7.52. The number of carbonyl (C=O) groups excluding carboxylic acids is 2. The molecule has 2 aromatic carbocycles. The number of hydrogen-bond acceptors (Lipinski definition) is 5. The summed E-state index contributed by atoms with van der Waals surface area (Å²) in [4.78, 5) is 29.5. The molecule has 6 nitrogen and oxygen atoms in total. The fraction of sp³-hybridized carbons (Fsp3) is 0.143. The average molecular weight is 425 g/mol. The maximum Gasteiger partial charge on any atom is 0.245 e. The molecule has 1 aliphatic heterocycles. The quantitative estimate of drug-likeness (QED) is 0.581. The van der Waals surface area contributed by atoms with E-state index >= 15 is 0 Å². The molecule has 0 fully saturated rings. The van der Waals surface area contributed by atoms with Gasteiger partial charge in [-0.3, -0.25) is 14.2 Å². The van der Waals surface area contributed by atoms with Crippen molar-refractivity contribution in [1.29, 1.82) is 0 Å². The second-order valence-electron chi connectivity index (χ2n) is 6.63. The zero-order chi connectivity index (χ0) is 20.7. The molecule has 1 amide bonds. The highest BCUT2D eigenvalue weighted by molar-refractivity contribution is 8.14. The number of benzene rings is 2. The Morgan fingerprint density at radius 3 is 2.14 bits per heavy atom. The molecule has 0 saturated heterocycles. The number of fused-ring (bicyclic) bond motifs is 1. The molecular formula is C21H17ClN4O2S. The van der Waals surface area contributed by atoms with Gasteiger partial charge in [-0.25, -0.2) is 4.98 Å². The fourth-order valence-electron chi connectivity index (χ4n) is 2.99. The summed E-state index contributed by atoms with van der Waals surface area (Å²) in [5.74, 6) is 0.300. The van der Waals surface area contributed by atoms with Crippen LogP contribution >= 0.6 is 23.4 Å². The lowest BCUT2D eigenvalue weighted by Gasteiger charge is -2.21. The van der Waals surface area contributed by atoms with E-state index in [0.717, 1.165) is 16.7 Å². The third-order valence-corrected chi connectivity index (χ3v) is 5.74. The molecule has 0 saturated carbocycles. The maximum absolute atomic E-state index is 12.5. The van der Waals surface area contributed by atoms with Crippen LogP contribution in [0.5, 0.6) is 0 Å². The predicted octanol–water partition coefficient (Wildman–Crippen LogP) is 4.99. The Hall–Kier alpha value is -2.90. The van der Waals surface area contributed by atoms with Crippen LogP contribution in [0.15, 0.2) is 58.7 Å². The molecule has 1 aliphatic rings. The van der Waals surface area contributed by atoms with Crippen LogP contribution in [-0.2, 0) is 4.79 Å². The second kappa shape index (κ2) is 7.50. The number of amides is 1. The number of aromatic nitrogens is 2. The highest BCUT2D eigenvalue weighted by Gasteiger charge is 2.32. The Morgan fingerprint density at radius 1 is 0.931 bits per heavy atom. The van der Waals surface area contributed by atoms with Crippen molar-refractivity contribution in [1.82, 2.24) is 9.55 Å². The zero-order valence-electron chi connectivity index (χ0n) is 16.0. The minimum atomic E-state index is -0.285. The minimum Gasteiger partial charge on any atom is -0.274 e. The summed E-state index contributed by atoms with van der Waals surface area (Å²) in [6.07, 6.45) is 0. The summed E-state index contributed by atoms with van der Waals surface area (Å²) < 4.78 is 1.52. The van der Waals surface area contributed by atoms with Crippen LogP contribution in [0.3, 0.4) is 0 Å². The Morgan fingerprint density at radius 2 is 1.55 bits per heavy atom. The highest BCUT2D eigenvalue weighted by atomic mass is 35.5. The topological polar surface area (TPSA) is 67.6 Å². The largest absolute Gasteiger partial charge is 0.274 e.